The van der Waals surface area contributed by atoms with E-state index in [0.29, 0.717) is 0 Å². The SMILES string of the molecule is CCc1cc(N2CCCCO2)nc(-c2ccncc2)n1. The molecule has 0 radical (unpaired) electrons. The molecule has 2 aromatic rings. The lowest BCUT2D eigenvalue weighted by molar-refractivity contribution is 0.0761. The van der Waals surface area contributed by atoms with Gasteiger partial charge in [0, 0.05) is 36.3 Å². The van der Waals surface area contributed by atoms with Crippen LogP contribution in [-0.4, -0.2) is 28.1 Å². The zero-order valence-electron chi connectivity index (χ0n) is 11.6. The van der Waals surface area contributed by atoms with Gasteiger partial charge in [-0.05, 0) is 31.4 Å². The molecule has 0 bridgehead atoms. The topological polar surface area (TPSA) is 51.1 Å². The minimum Gasteiger partial charge on any atom is -0.272 e. The molecule has 1 aliphatic rings. The molecule has 5 heteroatoms. The molecule has 3 heterocycles. The molecule has 104 valence electrons. The first-order valence-corrected chi connectivity index (χ1v) is 7.05. The van der Waals surface area contributed by atoms with Gasteiger partial charge in [0.25, 0.3) is 0 Å². The van der Waals surface area contributed by atoms with Crippen LogP contribution in [0, 0.1) is 0 Å². The summed E-state index contributed by atoms with van der Waals surface area (Å²) in [5.41, 5.74) is 2.00. The van der Waals surface area contributed by atoms with Crippen LogP contribution in [0.15, 0.2) is 30.6 Å². The fourth-order valence-corrected chi connectivity index (χ4v) is 2.20. The molecule has 20 heavy (non-hydrogen) atoms. The van der Waals surface area contributed by atoms with E-state index in [9.17, 15) is 0 Å². The molecule has 0 aliphatic carbocycles. The molecule has 3 rings (SSSR count). The molecule has 2 aromatic heterocycles. The van der Waals surface area contributed by atoms with Crippen molar-refractivity contribution < 1.29 is 4.84 Å². The molecule has 0 atom stereocenters. The summed E-state index contributed by atoms with van der Waals surface area (Å²) in [6.45, 7) is 3.74. The Morgan fingerprint density at radius 3 is 2.75 bits per heavy atom. The van der Waals surface area contributed by atoms with Crippen LogP contribution in [-0.2, 0) is 11.3 Å². The van der Waals surface area contributed by atoms with Crippen LogP contribution in [0.5, 0.6) is 0 Å². The average Bonchev–Trinajstić information content (AvgIpc) is 2.56. The van der Waals surface area contributed by atoms with Crippen molar-refractivity contribution in [3.63, 3.8) is 0 Å². The summed E-state index contributed by atoms with van der Waals surface area (Å²) in [5, 5.41) is 1.88. The third-order valence-corrected chi connectivity index (χ3v) is 3.32. The van der Waals surface area contributed by atoms with E-state index in [2.05, 4.69) is 21.9 Å². The van der Waals surface area contributed by atoms with Crippen molar-refractivity contribution in [1.29, 1.82) is 0 Å². The van der Waals surface area contributed by atoms with Gasteiger partial charge in [-0.25, -0.2) is 15.0 Å². The maximum absolute atomic E-state index is 5.69. The van der Waals surface area contributed by atoms with Crippen molar-refractivity contribution in [2.45, 2.75) is 26.2 Å². The number of pyridine rings is 1. The Morgan fingerprint density at radius 2 is 2.05 bits per heavy atom. The predicted octanol–water partition coefficient (Wildman–Crippen LogP) is 2.63. The van der Waals surface area contributed by atoms with Gasteiger partial charge >= 0.3 is 0 Å². The van der Waals surface area contributed by atoms with Crippen molar-refractivity contribution >= 4 is 5.82 Å². The number of hydrogen-bond acceptors (Lipinski definition) is 5. The first kappa shape index (κ1) is 13.0. The largest absolute Gasteiger partial charge is 0.272 e. The van der Waals surface area contributed by atoms with E-state index in [4.69, 9.17) is 4.84 Å². The number of anilines is 1. The molecule has 0 amide bonds. The van der Waals surface area contributed by atoms with Crippen LogP contribution in [0.4, 0.5) is 5.82 Å². The fourth-order valence-electron chi connectivity index (χ4n) is 2.20. The minimum absolute atomic E-state index is 0.732. The van der Waals surface area contributed by atoms with E-state index in [1.807, 2.05) is 23.3 Å². The lowest BCUT2D eigenvalue weighted by atomic mass is 10.2. The summed E-state index contributed by atoms with van der Waals surface area (Å²) < 4.78 is 0. The molecule has 1 fully saturated rings. The Hall–Kier alpha value is -2.01. The van der Waals surface area contributed by atoms with Gasteiger partial charge in [0.05, 0.1) is 6.61 Å². The second kappa shape index (κ2) is 5.96. The smallest absolute Gasteiger partial charge is 0.161 e. The lowest BCUT2D eigenvalue weighted by Crippen LogP contribution is -2.30. The van der Waals surface area contributed by atoms with Crippen molar-refractivity contribution in [3.05, 3.63) is 36.3 Å². The number of aromatic nitrogens is 3. The molecule has 0 unspecified atom stereocenters. The van der Waals surface area contributed by atoms with Gasteiger partial charge in [0.2, 0.25) is 0 Å². The van der Waals surface area contributed by atoms with Gasteiger partial charge in [-0.15, -0.1) is 0 Å². The molecule has 1 aliphatic heterocycles. The Balaban J connectivity index is 1.98. The van der Waals surface area contributed by atoms with Crippen LogP contribution < -0.4 is 5.06 Å². The zero-order valence-corrected chi connectivity index (χ0v) is 11.6. The Kier molecular flexibility index (Phi) is 3.87. The summed E-state index contributed by atoms with van der Waals surface area (Å²) in [6.07, 6.45) is 6.64. The number of hydroxylamine groups is 1. The fraction of sp³-hybridized carbons (Fsp3) is 0.400. The summed E-state index contributed by atoms with van der Waals surface area (Å²) in [7, 11) is 0. The van der Waals surface area contributed by atoms with Crippen LogP contribution in [0.3, 0.4) is 0 Å². The van der Waals surface area contributed by atoms with Crippen molar-refractivity contribution in [1.82, 2.24) is 15.0 Å². The second-order valence-electron chi connectivity index (χ2n) is 4.77. The molecular formula is C15H18N4O. The van der Waals surface area contributed by atoms with Crippen LogP contribution in [0.25, 0.3) is 11.4 Å². The maximum Gasteiger partial charge on any atom is 0.161 e. The number of hydrogen-bond donors (Lipinski definition) is 0. The van der Waals surface area contributed by atoms with Gasteiger partial charge in [-0.1, -0.05) is 6.92 Å². The van der Waals surface area contributed by atoms with E-state index in [1.54, 1.807) is 12.4 Å². The van der Waals surface area contributed by atoms with Crippen molar-refractivity contribution in [2.75, 3.05) is 18.2 Å². The first-order chi connectivity index (χ1) is 9.86. The van der Waals surface area contributed by atoms with Crippen LogP contribution >= 0.6 is 0 Å². The monoisotopic (exact) mass is 270 g/mol. The molecule has 5 nitrogen and oxygen atoms in total. The highest BCUT2D eigenvalue weighted by atomic mass is 16.7. The van der Waals surface area contributed by atoms with Crippen LogP contribution in [0.2, 0.25) is 0 Å². The minimum atomic E-state index is 0.732. The van der Waals surface area contributed by atoms with Gasteiger partial charge in [0.1, 0.15) is 0 Å². The molecule has 0 saturated carbocycles. The molecule has 1 saturated heterocycles. The normalized spacial score (nSPS) is 15.3. The summed E-state index contributed by atoms with van der Waals surface area (Å²) in [4.78, 5) is 19.0. The Labute approximate surface area is 118 Å². The molecular weight excluding hydrogens is 252 g/mol. The third-order valence-electron chi connectivity index (χ3n) is 3.32. The van der Waals surface area contributed by atoms with E-state index < -0.39 is 0 Å². The highest BCUT2D eigenvalue weighted by Crippen LogP contribution is 2.22. The summed E-state index contributed by atoms with van der Waals surface area (Å²) >= 11 is 0. The van der Waals surface area contributed by atoms with Gasteiger partial charge in [-0.3, -0.25) is 9.82 Å². The molecule has 0 aromatic carbocycles. The zero-order chi connectivity index (χ0) is 13.8. The maximum atomic E-state index is 5.69. The van der Waals surface area contributed by atoms with E-state index >= 15 is 0 Å². The predicted molar refractivity (Wildman–Crippen MR) is 77.2 cm³/mol. The molecule has 0 N–H and O–H groups in total. The summed E-state index contributed by atoms with van der Waals surface area (Å²) in [6, 6.07) is 5.86. The summed E-state index contributed by atoms with van der Waals surface area (Å²) in [5.74, 6) is 1.58. The molecule has 0 spiro atoms. The Morgan fingerprint density at radius 1 is 1.20 bits per heavy atom. The third kappa shape index (κ3) is 2.77. The first-order valence-electron chi connectivity index (χ1n) is 7.05. The van der Waals surface area contributed by atoms with Crippen molar-refractivity contribution in [2.24, 2.45) is 0 Å². The van der Waals surface area contributed by atoms with Gasteiger partial charge < -0.3 is 0 Å². The second-order valence-corrected chi connectivity index (χ2v) is 4.77. The highest BCUT2D eigenvalue weighted by molar-refractivity contribution is 5.56. The number of rotatable bonds is 3. The lowest BCUT2D eigenvalue weighted by Gasteiger charge is -2.27. The standard InChI is InChI=1S/C15H18N4O/c1-2-13-11-14(19-9-3-4-10-20-19)18-15(17-13)12-5-7-16-8-6-12/h5-8,11H,2-4,9-10H2,1H3. The average molecular weight is 270 g/mol. The van der Waals surface area contributed by atoms with Gasteiger partial charge in [0.15, 0.2) is 11.6 Å². The quantitative estimate of drug-likeness (QED) is 0.858. The van der Waals surface area contributed by atoms with E-state index in [-0.39, 0.29) is 0 Å². The van der Waals surface area contributed by atoms with E-state index in [0.717, 1.165) is 55.3 Å². The van der Waals surface area contributed by atoms with Gasteiger partial charge in [-0.2, -0.15) is 0 Å². The Bertz CT molecular complexity index is 567. The number of aryl methyl sites for hydroxylation is 1. The van der Waals surface area contributed by atoms with E-state index in [1.165, 1.54) is 0 Å². The van der Waals surface area contributed by atoms with Crippen LogP contribution in [0.1, 0.15) is 25.5 Å². The van der Waals surface area contributed by atoms with Crippen molar-refractivity contribution in [3.8, 4) is 11.4 Å². The number of nitrogens with zero attached hydrogens (tertiary/aromatic N) is 4. The highest BCUT2D eigenvalue weighted by Gasteiger charge is 2.15.